The van der Waals surface area contributed by atoms with E-state index in [1.807, 2.05) is 48.5 Å². The minimum atomic E-state index is -0.187. The molecule has 42 heavy (non-hydrogen) atoms. The van der Waals surface area contributed by atoms with Crippen LogP contribution < -0.4 is 15.5 Å². The van der Waals surface area contributed by atoms with E-state index in [1.54, 1.807) is 11.1 Å². The Morgan fingerprint density at radius 1 is 0.976 bits per heavy atom. The van der Waals surface area contributed by atoms with Gasteiger partial charge in [-0.3, -0.25) is 19.5 Å². The van der Waals surface area contributed by atoms with Gasteiger partial charge in [-0.05, 0) is 58.5 Å². The van der Waals surface area contributed by atoms with Crippen molar-refractivity contribution in [1.29, 1.82) is 0 Å². The Balaban J connectivity index is 1.22. The molecule has 6 rings (SSSR count). The fraction of sp³-hybridized carbons (Fsp3) is 0.324. The Bertz CT molecular complexity index is 1640. The van der Waals surface area contributed by atoms with Gasteiger partial charge in [0.25, 0.3) is 5.91 Å². The number of carbonyl (C=O) groups is 2. The first-order valence-electron chi connectivity index (χ1n) is 14.5. The van der Waals surface area contributed by atoms with Gasteiger partial charge in [-0.15, -0.1) is 0 Å². The topological polar surface area (TPSA) is 86.8 Å². The Hall–Kier alpha value is -4.27. The van der Waals surface area contributed by atoms with Gasteiger partial charge in [-0.2, -0.15) is 0 Å². The van der Waals surface area contributed by atoms with Crippen LogP contribution in [0.15, 0.2) is 72.9 Å². The number of nitrogens with one attached hydrogen (secondary N) is 2. The molecule has 3 aromatic carbocycles. The van der Waals surface area contributed by atoms with Crippen LogP contribution in [0.2, 0.25) is 0 Å². The molecule has 0 bridgehead atoms. The van der Waals surface area contributed by atoms with Gasteiger partial charge < -0.3 is 20.3 Å². The molecule has 0 spiro atoms. The average Bonchev–Trinajstić information content (AvgIpc) is 3.32. The Labute approximate surface area is 246 Å². The molecule has 0 unspecified atom stereocenters. The van der Waals surface area contributed by atoms with Crippen LogP contribution in [-0.4, -0.2) is 54.5 Å². The molecule has 2 amide bonds. The lowest BCUT2D eigenvalue weighted by molar-refractivity contribution is -0.118. The van der Waals surface area contributed by atoms with Crippen LogP contribution in [-0.2, 0) is 28.0 Å². The third-order valence-corrected chi connectivity index (χ3v) is 7.96. The maximum absolute atomic E-state index is 13.9. The number of morpholine rings is 1. The summed E-state index contributed by atoms with van der Waals surface area (Å²) >= 11 is 0. The van der Waals surface area contributed by atoms with E-state index in [2.05, 4.69) is 59.5 Å². The zero-order valence-electron chi connectivity index (χ0n) is 24.4. The summed E-state index contributed by atoms with van der Waals surface area (Å²) in [5, 5.41) is 7.73. The van der Waals surface area contributed by atoms with Crippen LogP contribution >= 0.6 is 0 Å². The molecular formula is C34H37N5O3. The van der Waals surface area contributed by atoms with Crippen molar-refractivity contribution in [3.63, 3.8) is 0 Å². The minimum absolute atomic E-state index is 0.0510. The Kier molecular flexibility index (Phi) is 7.66. The van der Waals surface area contributed by atoms with Crippen molar-refractivity contribution >= 4 is 39.8 Å². The lowest BCUT2D eigenvalue weighted by Gasteiger charge is -2.28. The number of benzene rings is 3. The van der Waals surface area contributed by atoms with Crippen LogP contribution in [0, 0.1) is 0 Å². The molecule has 1 fully saturated rings. The number of rotatable bonds is 7. The smallest absolute Gasteiger partial charge is 0.261 e. The second-order valence-electron chi connectivity index (χ2n) is 12.0. The summed E-state index contributed by atoms with van der Waals surface area (Å²) in [7, 11) is 0. The van der Waals surface area contributed by atoms with E-state index >= 15 is 0 Å². The quantitative estimate of drug-likeness (QED) is 0.306. The third-order valence-electron chi connectivity index (χ3n) is 7.96. The molecule has 1 aromatic heterocycles. The van der Waals surface area contributed by atoms with Crippen molar-refractivity contribution in [1.82, 2.24) is 9.88 Å². The summed E-state index contributed by atoms with van der Waals surface area (Å²) in [5.74, 6) is -0.114. The maximum Gasteiger partial charge on any atom is 0.261 e. The van der Waals surface area contributed by atoms with Gasteiger partial charge in [-0.25, -0.2) is 0 Å². The number of hydrogen-bond donors (Lipinski definition) is 2. The molecule has 2 N–H and O–H groups in total. The van der Waals surface area contributed by atoms with Crippen molar-refractivity contribution in [3.8, 4) is 0 Å². The lowest BCUT2D eigenvalue weighted by Crippen LogP contribution is -2.41. The summed E-state index contributed by atoms with van der Waals surface area (Å²) in [6.45, 7) is 10.5. The van der Waals surface area contributed by atoms with E-state index in [-0.39, 0.29) is 17.2 Å². The van der Waals surface area contributed by atoms with Crippen LogP contribution in [0.25, 0.3) is 10.9 Å². The highest BCUT2D eigenvalue weighted by atomic mass is 16.5. The van der Waals surface area contributed by atoms with E-state index in [1.165, 1.54) is 0 Å². The van der Waals surface area contributed by atoms with E-state index in [9.17, 15) is 9.59 Å². The van der Waals surface area contributed by atoms with Crippen LogP contribution in [0.3, 0.4) is 0 Å². The fourth-order valence-electron chi connectivity index (χ4n) is 5.76. The van der Waals surface area contributed by atoms with Crippen molar-refractivity contribution in [2.24, 2.45) is 0 Å². The minimum Gasteiger partial charge on any atom is -0.380 e. The van der Waals surface area contributed by atoms with E-state index < -0.39 is 0 Å². The molecule has 2 aliphatic rings. The highest BCUT2D eigenvalue weighted by Gasteiger charge is 2.32. The SMILES string of the molecule is CC(C)(C)c1ccc(N2Cc3cccc(NCc4ccc5ncccc5c4)c3C2=O)cc1NC(=O)CN1CCOCC1. The molecule has 216 valence electrons. The summed E-state index contributed by atoms with van der Waals surface area (Å²) < 4.78 is 5.42. The Morgan fingerprint density at radius 2 is 1.81 bits per heavy atom. The number of anilines is 3. The van der Waals surface area contributed by atoms with Gasteiger partial charge in [0.2, 0.25) is 5.91 Å². The number of fused-ring (bicyclic) bond motifs is 2. The monoisotopic (exact) mass is 563 g/mol. The molecule has 2 aliphatic heterocycles. The number of pyridine rings is 1. The van der Waals surface area contributed by atoms with Crippen molar-refractivity contribution in [2.75, 3.05) is 48.4 Å². The average molecular weight is 564 g/mol. The summed E-state index contributed by atoms with van der Waals surface area (Å²) in [5.41, 5.74) is 6.91. The predicted molar refractivity (Wildman–Crippen MR) is 167 cm³/mol. The van der Waals surface area contributed by atoms with Crippen LogP contribution in [0.4, 0.5) is 17.1 Å². The molecule has 8 heteroatoms. The molecule has 0 atom stereocenters. The standard InChI is InChI=1S/C34H37N5O3/c1-34(2,3)27-11-10-26(19-30(27)37-31(40)22-38-14-16-42-17-15-38)39-21-25-6-4-8-29(32(25)33(39)41)36-20-23-9-12-28-24(18-23)7-5-13-35-28/h4-13,18-19,36H,14-17,20-22H2,1-3H3,(H,37,40). The molecule has 1 saturated heterocycles. The molecule has 0 radical (unpaired) electrons. The van der Waals surface area contributed by atoms with Gasteiger partial charge in [0.15, 0.2) is 0 Å². The molecule has 0 saturated carbocycles. The van der Waals surface area contributed by atoms with Gasteiger partial charge in [0.05, 0.1) is 37.4 Å². The first kappa shape index (κ1) is 27.9. The van der Waals surface area contributed by atoms with Gasteiger partial charge in [0, 0.05) is 48.3 Å². The zero-order valence-corrected chi connectivity index (χ0v) is 24.4. The number of carbonyl (C=O) groups excluding carboxylic acids is 2. The third kappa shape index (κ3) is 5.86. The van der Waals surface area contributed by atoms with Crippen LogP contribution in [0.5, 0.6) is 0 Å². The first-order chi connectivity index (χ1) is 20.3. The van der Waals surface area contributed by atoms with E-state index in [4.69, 9.17) is 4.74 Å². The van der Waals surface area contributed by atoms with Gasteiger partial charge in [-0.1, -0.05) is 51.1 Å². The maximum atomic E-state index is 13.9. The normalized spacial score (nSPS) is 15.6. The van der Waals surface area contributed by atoms with E-state index in [0.717, 1.165) is 57.7 Å². The summed E-state index contributed by atoms with van der Waals surface area (Å²) in [6, 6.07) is 22.1. The number of ether oxygens (including phenoxy) is 1. The molecule has 4 aromatic rings. The number of hydrogen-bond acceptors (Lipinski definition) is 6. The molecule has 8 nitrogen and oxygen atoms in total. The highest BCUT2D eigenvalue weighted by Crippen LogP contribution is 2.37. The first-order valence-corrected chi connectivity index (χ1v) is 14.5. The largest absolute Gasteiger partial charge is 0.380 e. The number of aromatic nitrogens is 1. The van der Waals surface area contributed by atoms with Crippen molar-refractivity contribution in [2.45, 2.75) is 39.3 Å². The summed E-state index contributed by atoms with van der Waals surface area (Å²) in [6.07, 6.45) is 1.80. The van der Waals surface area contributed by atoms with E-state index in [0.29, 0.717) is 38.4 Å². The van der Waals surface area contributed by atoms with Crippen molar-refractivity contribution < 1.29 is 14.3 Å². The molecular weight excluding hydrogens is 526 g/mol. The number of nitrogens with zero attached hydrogens (tertiary/aromatic N) is 3. The predicted octanol–water partition coefficient (Wildman–Crippen LogP) is 5.58. The van der Waals surface area contributed by atoms with Gasteiger partial charge >= 0.3 is 0 Å². The molecule has 3 heterocycles. The zero-order chi connectivity index (χ0) is 29.3. The number of amides is 2. The molecule has 0 aliphatic carbocycles. The Morgan fingerprint density at radius 3 is 2.62 bits per heavy atom. The van der Waals surface area contributed by atoms with Gasteiger partial charge in [0.1, 0.15) is 0 Å². The second kappa shape index (κ2) is 11.5. The highest BCUT2D eigenvalue weighted by molar-refractivity contribution is 6.13. The summed E-state index contributed by atoms with van der Waals surface area (Å²) in [4.78, 5) is 35.2. The fourth-order valence-corrected chi connectivity index (χ4v) is 5.76. The lowest BCUT2D eigenvalue weighted by atomic mass is 9.85. The second-order valence-corrected chi connectivity index (χ2v) is 12.0. The van der Waals surface area contributed by atoms with Crippen molar-refractivity contribution in [3.05, 3.63) is 95.2 Å². The van der Waals surface area contributed by atoms with Crippen LogP contribution in [0.1, 0.15) is 47.8 Å².